The van der Waals surface area contributed by atoms with Gasteiger partial charge in [-0.3, -0.25) is 0 Å². The molecule has 20 heavy (non-hydrogen) atoms. The lowest BCUT2D eigenvalue weighted by Crippen LogP contribution is -1.86. The third kappa shape index (κ3) is 2.43. The molecule has 0 amide bonds. The van der Waals surface area contributed by atoms with Crippen molar-refractivity contribution in [2.75, 3.05) is 5.75 Å². The van der Waals surface area contributed by atoms with Crippen LogP contribution in [0.15, 0.2) is 41.0 Å². The Morgan fingerprint density at radius 3 is 2.80 bits per heavy atom. The molecule has 4 heteroatoms. The number of nitrogens with zero attached hydrogens (tertiary/aromatic N) is 2. The highest BCUT2D eigenvalue weighted by Gasteiger charge is 2.12. The summed E-state index contributed by atoms with van der Waals surface area (Å²) in [5.41, 5.74) is 3.63. The highest BCUT2D eigenvalue weighted by molar-refractivity contribution is 7.99. The van der Waals surface area contributed by atoms with Gasteiger partial charge in [-0.1, -0.05) is 47.5 Å². The average molecular weight is 296 g/mol. The minimum atomic E-state index is 0.620. The maximum Gasteiger partial charge on any atom is 0.128 e. The number of benzene rings is 1. The number of hydrogen-bond donors (Lipinski definition) is 0. The maximum atomic E-state index is 5.35. The topological polar surface area (TPSA) is 25.8 Å². The second-order valence-corrected chi connectivity index (χ2v) is 6.19. The number of terminal acetylenes is 1. The highest BCUT2D eigenvalue weighted by atomic mass is 32.2. The van der Waals surface area contributed by atoms with Gasteiger partial charge in [-0.05, 0) is 12.5 Å². The normalized spacial score (nSPS) is 10.6. The van der Waals surface area contributed by atoms with Gasteiger partial charge in [0.2, 0.25) is 0 Å². The first kappa shape index (κ1) is 13.2. The largest absolute Gasteiger partial charge is 0.229 e. The van der Waals surface area contributed by atoms with Gasteiger partial charge in [-0.2, -0.15) is 0 Å². The summed E-state index contributed by atoms with van der Waals surface area (Å²) < 4.78 is 0. The summed E-state index contributed by atoms with van der Waals surface area (Å²) in [5.74, 6) is 3.27. The van der Waals surface area contributed by atoms with Crippen LogP contribution in [0.3, 0.4) is 0 Å². The predicted octanol–water partition coefficient (Wildman–Crippen LogP) is 4.39. The molecule has 0 bridgehead atoms. The van der Waals surface area contributed by atoms with E-state index in [1.807, 2.05) is 0 Å². The summed E-state index contributed by atoms with van der Waals surface area (Å²) in [7, 11) is 0. The summed E-state index contributed by atoms with van der Waals surface area (Å²) >= 11 is 3.23. The van der Waals surface area contributed by atoms with Crippen molar-refractivity contribution in [3.8, 4) is 23.5 Å². The molecule has 0 fully saturated rings. The summed E-state index contributed by atoms with van der Waals surface area (Å²) in [5, 5.41) is 4.22. The molecule has 0 atom stereocenters. The van der Waals surface area contributed by atoms with Crippen molar-refractivity contribution in [2.45, 2.75) is 11.9 Å². The van der Waals surface area contributed by atoms with Crippen molar-refractivity contribution in [1.82, 2.24) is 9.97 Å². The van der Waals surface area contributed by atoms with Crippen LogP contribution in [0.5, 0.6) is 0 Å². The first-order valence-corrected chi connectivity index (χ1v) is 8.01. The minimum Gasteiger partial charge on any atom is -0.229 e. The zero-order valence-corrected chi connectivity index (χ0v) is 12.6. The minimum absolute atomic E-state index is 0.620. The molecular weight excluding hydrogens is 284 g/mol. The molecule has 2 aromatic heterocycles. The van der Waals surface area contributed by atoms with E-state index in [4.69, 9.17) is 6.42 Å². The van der Waals surface area contributed by atoms with Gasteiger partial charge in [-0.25, -0.2) is 9.97 Å². The molecule has 0 unspecified atom stereocenters. The Labute approximate surface area is 126 Å². The number of thiophene rings is 1. The maximum absolute atomic E-state index is 5.35. The summed E-state index contributed by atoms with van der Waals surface area (Å²) in [6.45, 7) is 2.09. The van der Waals surface area contributed by atoms with E-state index >= 15 is 0 Å². The molecule has 0 aliphatic heterocycles. The average Bonchev–Trinajstić information content (AvgIpc) is 2.90. The number of aromatic nitrogens is 2. The van der Waals surface area contributed by atoms with Gasteiger partial charge < -0.3 is 0 Å². The molecule has 0 saturated carbocycles. The molecular formula is C16H12N2S2. The molecule has 2 heterocycles. The first-order chi connectivity index (χ1) is 9.79. The van der Waals surface area contributed by atoms with Gasteiger partial charge in [0.15, 0.2) is 0 Å². The third-order valence-corrected chi connectivity index (χ3v) is 4.77. The summed E-state index contributed by atoms with van der Waals surface area (Å²) in [6.07, 6.45) is 6.96. The van der Waals surface area contributed by atoms with Crippen LogP contribution >= 0.6 is 23.1 Å². The number of thioether (sulfide) groups is 1. The zero-order valence-electron chi connectivity index (χ0n) is 11.0. The van der Waals surface area contributed by atoms with Crippen LogP contribution in [0.1, 0.15) is 5.56 Å². The number of aryl methyl sites for hydroxylation is 1. The van der Waals surface area contributed by atoms with E-state index < -0.39 is 0 Å². The van der Waals surface area contributed by atoms with E-state index in [9.17, 15) is 0 Å². The fourth-order valence-electron chi connectivity index (χ4n) is 2.01. The van der Waals surface area contributed by atoms with E-state index in [0.717, 1.165) is 15.2 Å². The molecule has 0 spiro atoms. The van der Waals surface area contributed by atoms with Gasteiger partial charge in [0.25, 0.3) is 0 Å². The summed E-state index contributed by atoms with van der Waals surface area (Å²) in [6, 6.07) is 8.52. The van der Waals surface area contributed by atoms with E-state index in [1.165, 1.54) is 16.7 Å². The fourth-order valence-corrected chi connectivity index (χ4v) is 3.69. The van der Waals surface area contributed by atoms with Crippen LogP contribution in [-0.4, -0.2) is 15.7 Å². The SMILES string of the molecule is C#CCSc1ncnc2scc(-c3ccc(C)cc3)c12. The lowest BCUT2D eigenvalue weighted by molar-refractivity contribution is 1.11. The molecule has 0 saturated heterocycles. The first-order valence-electron chi connectivity index (χ1n) is 6.15. The predicted molar refractivity (Wildman–Crippen MR) is 87.1 cm³/mol. The molecule has 0 radical (unpaired) electrons. The zero-order chi connectivity index (χ0) is 13.9. The smallest absolute Gasteiger partial charge is 0.128 e. The van der Waals surface area contributed by atoms with Gasteiger partial charge in [0.1, 0.15) is 16.2 Å². The van der Waals surface area contributed by atoms with E-state index in [1.54, 1.807) is 29.4 Å². The monoisotopic (exact) mass is 296 g/mol. The van der Waals surface area contributed by atoms with Crippen LogP contribution in [0.4, 0.5) is 0 Å². The highest BCUT2D eigenvalue weighted by Crippen LogP contribution is 2.37. The number of hydrogen-bond acceptors (Lipinski definition) is 4. The quantitative estimate of drug-likeness (QED) is 0.407. The number of rotatable bonds is 3. The van der Waals surface area contributed by atoms with Crippen molar-refractivity contribution < 1.29 is 0 Å². The van der Waals surface area contributed by atoms with Gasteiger partial charge in [0, 0.05) is 10.9 Å². The standard InChI is InChI=1S/C16H12N2S2/c1-3-8-19-15-14-13(9-20-16(14)18-10-17-15)12-6-4-11(2)5-7-12/h1,4-7,9-10H,8H2,2H3. The third-order valence-electron chi connectivity index (χ3n) is 2.99. The Kier molecular flexibility index (Phi) is 3.72. The van der Waals surface area contributed by atoms with E-state index in [2.05, 4.69) is 52.5 Å². The van der Waals surface area contributed by atoms with Crippen molar-refractivity contribution in [3.05, 3.63) is 41.5 Å². The van der Waals surface area contributed by atoms with Crippen molar-refractivity contribution in [2.24, 2.45) is 0 Å². The Hall–Kier alpha value is -1.83. The lowest BCUT2D eigenvalue weighted by Gasteiger charge is -2.04. The fraction of sp³-hybridized carbons (Fsp3) is 0.125. The van der Waals surface area contributed by atoms with E-state index in [0.29, 0.717) is 5.75 Å². The van der Waals surface area contributed by atoms with Crippen molar-refractivity contribution in [1.29, 1.82) is 0 Å². The molecule has 0 aliphatic rings. The Bertz CT molecular complexity index is 782. The van der Waals surface area contributed by atoms with Crippen LogP contribution in [0.2, 0.25) is 0 Å². The van der Waals surface area contributed by atoms with Crippen LogP contribution in [0, 0.1) is 19.3 Å². The molecule has 0 N–H and O–H groups in total. The molecule has 98 valence electrons. The van der Waals surface area contributed by atoms with Crippen LogP contribution in [-0.2, 0) is 0 Å². The Morgan fingerprint density at radius 1 is 1.25 bits per heavy atom. The van der Waals surface area contributed by atoms with Crippen LogP contribution in [0.25, 0.3) is 21.3 Å². The van der Waals surface area contributed by atoms with Crippen molar-refractivity contribution in [3.63, 3.8) is 0 Å². The van der Waals surface area contributed by atoms with Gasteiger partial charge in [0.05, 0.1) is 11.1 Å². The second-order valence-electron chi connectivity index (χ2n) is 4.37. The van der Waals surface area contributed by atoms with E-state index in [-0.39, 0.29) is 0 Å². The summed E-state index contributed by atoms with van der Waals surface area (Å²) in [4.78, 5) is 9.75. The van der Waals surface area contributed by atoms with Gasteiger partial charge in [-0.15, -0.1) is 17.8 Å². The van der Waals surface area contributed by atoms with Gasteiger partial charge >= 0.3 is 0 Å². The molecule has 1 aromatic carbocycles. The Morgan fingerprint density at radius 2 is 2.05 bits per heavy atom. The van der Waals surface area contributed by atoms with Crippen LogP contribution < -0.4 is 0 Å². The molecule has 3 aromatic rings. The lowest BCUT2D eigenvalue weighted by atomic mass is 10.1. The molecule has 3 rings (SSSR count). The molecule has 2 nitrogen and oxygen atoms in total. The number of fused-ring (bicyclic) bond motifs is 1. The molecule has 0 aliphatic carbocycles. The second kappa shape index (κ2) is 5.66. The van der Waals surface area contributed by atoms with Crippen molar-refractivity contribution >= 4 is 33.3 Å². The Balaban J connectivity index is 2.16.